The van der Waals surface area contributed by atoms with Crippen LogP contribution < -0.4 is 0 Å². The molecule has 13 heavy (non-hydrogen) atoms. The molecule has 0 aliphatic carbocycles. The summed E-state index contributed by atoms with van der Waals surface area (Å²) in [6.07, 6.45) is 0.802. The minimum absolute atomic E-state index is 0.242. The summed E-state index contributed by atoms with van der Waals surface area (Å²) in [6, 6.07) is 4.98. The Kier molecular flexibility index (Phi) is 2.22. The second-order valence-corrected chi connectivity index (χ2v) is 3.54. The Hall–Kier alpha value is -1.03. The molecule has 2 aromatic rings. The van der Waals surface area contributed by atoms with Gasteiger partial charge < -0.3 is 9.63 Å². The van der Waals surface area contributed by atoms with Gasteiger partial charge in [0.15, 0.2) is 5.58 Å². The van der Waals surface area contributed by atoms with E-state index >= 15 is 0 Å². The molecule has 2 rings (SSSR count). The third kappa shape index (κ3) is 1.54. The molecule has 0 spiro atoms. The number of aromatic hydroxyl groups is 1. The smallest absolute Gasteiger partial charge is 0.167 e. The van der Waals surface area contributed by atoms with Crippen molar-refractivity contribution in [1.82, 2.24) is 5.16 Å². The highest BCUT2D eigenvalue weighted by Crippen LogP contribution is 2.23. The molecule has 3 nitrogen and oxygen atoms in total. The van der Waals surface area contributed by atoms with Gasteiger partial charge in [-0.3, -0.25) is 0 Å². The topological polar surface area (TPSA) is 46.3 Å². The maximum atomic E-state index is 9.26. The zero-order valence-electron chi connectivity index (χ0n) is 6.83. The van der Waals surface area contributed by atoms with E-state index in [1.165, 1.54) is 0 Å². The molecule has 0 aliphatic heterocycles. The van der Waals surface area contributed by atoms with Gasteiger partial charge in [-0.25, -0.2) is 0 Å². The van der Waals surface area contributed by atoms with Crippen molar-refractivity contribution in [3.05, 3.63) is 23.9 Å². The number of phenols is 1. The van der Waals surface area contributed by atoms with Gasteiger partial charge in [-0.15, -0.1) is 0 Å². The molecule has 1 aromatic carbocycles. The Morgan fingerprint density at radius 3 is 3.08 bits per heavy atom. The van der Waals surface area contributed by atoms with Crippen molar-refractivity contribution in [1.29, 1.82) is 0 Å². The highest BCUT2D eigenvalue weighted by molar-refractivity contribution is 9.09. The van der Waals surface area contributed by atoms with Crippen molar-refractivity contribution >= 4 is 26.9 Å². The van der Waals surface area contributed by atoms with Gasteiger partial charge >= 0.3 is 0 Å². The molecule has 1 N–H and O–H groups in total. The van der Waals surface area contributed by atoms with Gasteiger partial charge in [-0.1, -0.05) is 21.1 Å². The summed E-state index contributed by atoms with van der Waals surface area (Å²) in [5.74, 6) is 0.242. The van der Waals surface area contributed by atoms with Gasteiger partial charge in [0.25, 0.3) is 0 Å². The van der Waals surface area contributed by atoms with Crippen LogP contribution in [0.15, 0.2) is 22.7 Å². The summed E-state index contributed by atoms with van der Waals surface area (Å²) in [4.78, 5) is 0. The lowest BCUT2D eigenvalue weighted by Gasteiger charge is -1.92. The second-order valence-electron chi connectivity index (χ2n) is 2.75. The molecule has 0 aliphatic rings. The highest BCUT2D eigenvalue weighted by atomic mass is 79.9. The van der Waals surface area contributed by atoms with Crippen molar-refractivity contribution in [2.45, 2.75) is 6.42 Å². The van der Waals surface area contributed by atoms with Crippen LogP contribution in [0.1, 0.15) is 5.69 Å². The van der Waals surface area contributed by atoms with Crippen molar-refractivity contribution in [3.8, 4) is 5.75 Å². The standard InChI is InChI=1S/C9H8BrNO2/c10-4-3-8-7-5-6(12)1-2-9(7)13-11-8/h1-2,5,12H,3-4H2. The van der Waals surface area contributed by atoms with Crippen molar-refractivity contribution in [2.24, 2.45) is 0 Å². The van der Waals surface area contributed by atoms with E-state index < -0.39 is 0 Å². The van der Waals surface area contributed by atoms with E-state index in [4.69, 9.17) is 4.52 Å². The minimum atomic E-state index is 0.242. The molecule has 0 fully saturated rings. The summed E-state index contributed by atoms with van der Waals surface area (Å²) in [6.45, 7) is 0. The first-order chi connectivity index (χ1) is 6.31. The number of halogens is 1. The van der Waals surface area contributed by atoms with Crippen LogP contribution in [0.5, 0.6) is 5.75 Å². The molecule has 1 heterocycles. The summed E-state index contributed by atoms with van der Waals surface area (Å²) < 4.78 is 5.07. The molecule has 4 heteroatoms. The van der Waals surface area contributed by atoms with Crippen LogP contribution in [-0.2, 0) is 6.42 Å². The predicted octanol–water partition coefficient (Wildman–Crippen LogP) is 2.47. The summed E-state index contributed by atoms with van der Waals surface area (Å²) in [7, 11) is 0. The molecule has 0 saturated carbocycles. The maximum absolute atomic E-state index is 9.26. The van der Waals surface area contributed by atoms with Gasteiger partial charge in [0.05, 0.1) is 5.69 Å². The van der Waals surface area contributed by atoms with Crippen LogP contribution in [0.4, 0.5) is 0 Å². The zero-order valence-corrected chi connectivity index (χ0v) is 8.41. The summed E-state index contributed by atoms with van der Waals surface area (Å²) >= 11 is 3.33. The number of phenolic OH excluding ortho intramolecular Hbond substituents is 1. The number of nitrogens with zero attached hydrogens (tertiary/aromatic N) is 1. The Morgan fingerprint density at radius 1 is 1.46 bits per heavy atom. The number of alkyl halides is 1. The highest BCUT2D eigenvalue weighted by Gasteiger charge is 2.07. The molecule has 0 bridgehead atoms. The van der Waals surface area contributed by atoms with Crippen molar-refractivity contribution < 1.29 is 9.63 Å². The lowest BCUT2D eigenvalue weighted by molar-refractivity contribution is 0.446. The lowest BCUT2D eigenvalue weighted by atomic mass is 10.2. The molecule has 0 amide bonds. The number of aromatic nitrogens is 1. The molecule has 0 saturated heterocycles. The molecular formula is C9H8BrNO2. The second kappa shape index (κ2) is 3.38. The van der Waals surface area contributed by atoms with Gasteiger partial charge in [0.1, 0.15) is 5.75 Å². The van der Waals surface area contributed by atoms with Gasteiger partial charge in [-0.2, -0.15) is 0 Å². The Labute approximate surface area is 83.5 Å². The Balaban J connectivity index is 2.58. The number of hydrogen-bond donors (Lipinski definition) is 1. The first-order valence-electron chi connectivity index (χ1n) is 3.94. The fourth-order valence-electron chi connectivity index (χ4n) is 1.25. The maximum Gasteiger partial charge on any atom is 0.167 e. The first-order valence-corrected chi connectivity index (χ1v) is 5.06. The van der Waals surface area contributed by atoms with Gasteiger partial charge in [-0.05, 0) is 18.2 Å². The van der Waals surface area contributed by atoms with E-state index in [1.807, 2.05) is 0 Å². The molecule has 0 atom stereocenters. The van der Waals surface area contributed by atoms with Crippen LogP contribution >= 0.6 is 15.9 Å². The minimum Gasteiger partial charge on any atom is -0.508 e. The molecule has 68 valence electrons. The summed E-state index contributed by atoms with van der Waals surface area (Å²) in [5, 5.41) is 14.9. The third-order valence-electron chi connectivity index (χ3n) is 1.86. The monoisotopic (exact) mass is 241 g/mol. The Morgan fingerprint density at radius 2 is 2.31 bits per heavy atom. The first kappa shape index (κ1) is 8.56. The largest absolute Gasteiger partial charge is 0.508 e. The van der Waals surface area contributed by atoms with Crippen molar-refractivity contribution in [3.63, 3.8) is 0 Å². The van der Waals surface area contributed by atoms with Crippen LogP contribution in [0.2, 0.25) is 0 Å². The normalized spacial score (nSPS) is 10.8. The van der Waals surface area contributed by atoms with Crippen LogP contribution in [0, 0.1) is 0 Å². The molecule has 0 radical (unpaired) electrons. The SMILES string of the molecule is Oc1ccc2onc(CCBr)c2c1. The average molecular weight is 242 g/mol. The number of hydrogen-bond acceptors (Lipinski definition) is 3. The lowest BCUT2D eigenvalue weighted by Crippen LogP contribution is -1.85. The van der Waals surface area contributed by atoms with Crippen LogP contribution in [0.3, 0.4) is 0 Å². The third-order valence-corrected chi connectivity index (χ3v) is 2.26. The summed E-state index contributed by atoms with van der Waals surface area (Å²) in [5.41, 5.74) is 1.59. The van der Waals surface area contributed by atoms with Gasteiger partial charge in [0.2, 0.25) is 0 Å². The molecule has 0 unspecified atom stereocenters. The van der Waals surface area contributed by atoms with E-state index in [1.54, 1.807) is 18.2 Å². The van der Waals surface area contributed by atoms with E-state index in [0.717, 1.165) is 22.8 Å². The number of rotatable bonds is 2. The number of benzene rings is 1. The van der Waals surface area contributed by atoms with E-state index in [9.17, 15) is 5.11 Å². The van der Waals surface area contributed by atoms with E-state index in [2.05, 4.69) is 21.1 Å². The van der Waals surface area contributed by atoms with Crippen LogP contribution in [0.25, 0.3) is 11.0 Å². The molecule has 1 aromatic heterocycles. The Bertz CT molecular complexity index is 424. The average Bonchev–Trinajstić information content (AvgIpc) is 2.49. The quantitative estimate of drug-likeness (QED) is 0.823. The number of aryl methyl sites for hydroxylation is 1. The van der Waals surface area contributed by atoms with E-state index in [0.29, 0.717) is 5.58 Å². The zero-order chi connectivity index (χ0) is 9.26. The predicted molar refractivity (Wildman–Crippen MR) is 53.2 cm³/mol. The van der Waals surface area contributed by atoms with Crippen LogP contribution in [-0.4, -0.2) is 15.6 Å². The molecular weight excluding hydrogens is 234 g/mol. The van der Waals surface area contributed by atoms with Gasteiger partial charge in [0, 0.05) is 17.1 Å². The van der Waals surface area contributed by atoms with E-state index in [-0.39, 0.29) is 5.75 Å². The fourth-order valence-corrected chi connectivity index (χ4v) is 1.62. The van der Waals surface area contributed by atoms with Crippen molar-refractivity contribution in [2.75, 3.05) is 5.33 Å². The number of fused-ring (bicyclic) bond motifs is 1. The fraction of sp³-hybridized carbons (Fsp3) is 0.222.